The highest BCUT2D eigenvalue weighted by atomic mass is 32.2. The lowest BCUT2D eigenvalue weighted by Crippen LogP contribution is -1.99. The van der Waals surface area contributed by atoms with Crippen LogP contribution in [0.3, 0.4) is 0 Å². The molecule has 2 rings (SSSR count). The summed E-state index contributed by atoms with van der Waals surface area (Å²) >= 11 is 2.85. The van der Waals surface area contributed by atoms with E-state index >= 15 is 0 Å². The molecule has 0 saturated heterocycles. The minimum Gasteiger partial charge on any atom is -0.481 e. The van der Waals surface area contributed by atoms with Crippen LogP contribution in [0.4, 0.5) is 0 Å². The zero-order chi connectivity index (χ0) is 13.8. The van der Waals surface area contributed by atoms with Crippen LogP contribution in [0.2, 0.25) is 0 Å². The number of benzene rings is 1. The van der Waals surface area contributed by atoms with Crippen molar-refractivity contribution in [3.8, 4) is 0 Å². The van der Waals surface area contributed by atoms with Crippen molar-refractivity contribution in [3.63, 3.8) is 0 Å². The number of carboxylic acid groups (broad SMARTS) is 1. The Balaban J connectivity index is 2.16. The molecular formula is C12H11NO4S2. The van der Waals surface area contributed by atoms with Gasteiger partial charge in [-0.1, -0.05) is 11.8 Å². The molecule has 1 aromatic heterocycles. The summed E-state index contributed by atoms with van der Waals surface area (Å²) in [6, 6.07) is 5.17. The Morgan fingerprint density at radius 3 is 2.95 bits per heavy atom. The van der Waals surface area contributed by atoms with Crippen molar-refractivity contribution in [2.24, 2.45) is 0 Å². The van der Waals surface area contributed by atoms with Crippen molar-refractivity contribution in [2.45, 2.75) is 10.8 Å². The van der Waals surface area contributed by atoms with E-state index in [4.69, 9.17) is 5.11 Å². The smallest absolute Gasteiger partial charge is 0.337 e. The molecule has 0 spiro atoms. The topological polar surface area (TPSA) is 76.5 Å². The average molecular weight is 297 g/mol. The summed E-state index contributed by atoms with van der Waals surface area (Å²) in [4.78, 5) is 26.2. The molecule has 0 fully saturated rings. The predicted molar refractivity (Wildman–Crippen MR) is 73.9 cm³/mol. The van der Waals surface area contributed by atoms with E-state index in [0.717, 1.165) is 14.6 Å². The van der Waals surface area contributed by atoms with E-state index in [1.54, 1.807) is 18.2 Å². The maximum Gasteiger partial charge on any atom is 0.337 e. The number of esters is 1. The highest BCUT2D eigenvalue weighted by Crippen LogP contribution is 2.30. The second-order valence-electron chi connectivity index (χ2n) is 3.65. The van der Waals surface area contributed by atoms with Gasteiger partial charge in [-0.3, -0.25) is 4.79 Å². The number of fused-ring (bicyclic) bond motifs is 1. The largest absolute Gasteiger partial charge is 0.481 e. The molecule has 0 aliphatic heterocycles. The maximum atomic E-state index is 11.4. The summed E-state index contributed by atoms with van der Waals surface area (Å²) in [5, 5.41) is 8.57. The second-order valence-corrected chi connectivity index (χ2v) is 6.02. The molecule has 19 heavy (non-hydrogen) atoms. The normalized spacial score (nSPS) is 10.6. The summed E-state index contributed by atoms with van der Waals surface area (Å²) < 4.78 is 6.35. The van der Waals surface area contributed by atoms with E-state index in [0.29, 0.717) is 11.3 Å². The highest BCUT2D eigenvalue weighted by molar-refractivity contribution is 8.01. The van der Waals surface area contributed by atoms with Crippen molar-refractivity contribution in [1.82, 2.24) is 4.98 Å². The Kier molecular flexibility index (Phi) is 4.39. The molecule has 0 amide bonds. The fourth-order valence-electron chi connectivity index (χ4n) is 1.44. The number of carbonyl (C=O) groups excluding carboxylic acids is 1. The first-order chi connectivity index (χ1) is 9.10. The zero-order valence-electron chi connectivity index (χ0n) is 10.1. The molecular weight excluding hydrogens is 286 g/mol. The highest BCUT2D eigenvalue weighted by Gasteiger charge is 2.10. The molecule has 0 atom stereocenters. The van der Waals surface area contributed by atoms with Gasteiger partial charge in [0.05, 0.1) is 29.3 Å². The number of thiazole rings is 1. The number of aromatic nitrogens is 1. The van der Waals surface area contributed by atoms with Crippen LogP contribution in [-0.4, -0.2) is 34.9 Å². The summed E-state index contributed by atoms with van der Waals surface area (Å²) in [6.45, 7) is 0. The molecule has 0 unspecified atom stereocenters. The van der Waals surface area contributed by atoms with Gasteiger partial charge < -0.3 is 9.84 Å². The van der Waals surface area contributed by atoms with E-state index < -0.39 is 5.97 Å². The fraction of sp³-hybridized carbons (Fsp3) is 0.250. The van der Waals surface area contributed by atoms with E-state index in [1.165, 1.54) is 30.2 Å². The van der Waals surface area contributed by atoms with Crippen molar-refractivity contribution in [2.75, 3.05) is 12.9 Å². The van der Waals surface area contributed by atoms with Gasteiger partial charge in [0.25, 0.3) is 0 Å². The van der Waals surface area contributed by atoms with Gasteiger partial charge in [-0.2, -0.15) is 0 Å². The number of aliphatic carboxylic acids is 1. The quantitative estimate of drug-likeness (QED) is 0.675. The van der Waals surface area contributed by atoms with Crippen molar-refractivity contribution < 1.29 is 19.4 Å². The number of thioether (sulfide) groups is 1. The Hall–Kier alpha value is -1.60. The molecule has 100 valence electrons. The summed E-state index contributed by atoms with van der Waals surface area (Å²) in [5.74, 6) is -0.712. The summed E-state index contributed by atoms with van der Waals surface area (Å²) in [6.07, 6.45) is 0.105. The van der Waals surface area contributed by atoms with Crippen LogP contribution in [0.25, 0.3) is 10.2 Å². The van der Waals surface area contributed by atoms with Crippen molar-refractivity contribution in [3.05, 3.63) is 23.8 Å². The minimum atomic E-state index is -0.818. The minimum absolute atomic E-state index is 0.105. The van der Waals surface area contributed by atoms with E-state index in [1.807, 2.05) is 0 Å². The number of methoxy groups -OCH3 is 1. The van der Waals surface area contributed by atoms with Gasteiger partial charge in [-0.25, -0.2) is 9.78 Å². The van der Waals surface area contributed by atoms with Gasteiger partial charge in [-0.15, -0.1) is 11.3 Å². The predicted octanol–water partition coefficient (Wildman–Crippen LogP) is 2.65. The van der Waals surface area contributed by atoms with Crippen LogP contribution in [0.5, 0.6) is 0 Å². The zero-order valence-corrected chi connectivity index (χ0v) is 11.7. The number of ether oxygens (including phenoxy) is 1. The number of nitrogens with zero attached hydrogens (tertiary/aromatic N) is 1. The first kappa shape index (κ1) is 13.8. The van der Waals surface area contributed by atoms with E-state index in [9.17, 15) is 9.59 Å². The van der Waals surface area contributed by atoms with Crippen LogP contribution in [0.15, 0.2) is 22.5 Å². The molecule has 2 aromatic rings. The molecule has 0 aliphatic carbocycles. The van der Waals surface area contributed by atoms with Crippen LogP contribution in [-0.2, 0) is 9.53 Å². The molecule has 1 N–H and O–H groups in total. The molecule has 0 aliphatic rings. The maximum absolute atomic E-state index is 11.4. The number of carbonyl (C=O) groups is 2. The molecule has 0 radical (unpaired) electrons. The Labute approximate surface area is 117 Å². The molecule has 5 nitrogen and oxygen atoms in total. The van der Waals surface area contributed by atoms with Crippen LogP contribution in [0, 0.1) is 0 Å². The Morgan fingerprint density at radius 2 is 2.26 bits per heavy atom. The van der Waals surface area contributed by atoms with E-state index in [2.05, 4.69) is 9.72 Å². The van der Waals surface area contributed by atoms with Gasteiger partial charge in [0.1, 0.15) is 0 Å². The third-order valence-corrected chi connectivity index (χ3v) is 4.49. The molecule has 0 saturated carbocycles. The molecule has 1 aromatic carbocycles. The number of hydrogen-bond acceptors (Lipinski definition) is 6. The number of rotatable bonds is 5. The number of hydrogen-bond donors (Lipinski definition) is 1. The Morgan fingerprint density at radius 1 is 1.47 bits per heavy atom. The van der Waals surface area contributed by atoms with Gasteiger partial charge in [0.15, 0.2) is 4.34 Å². The van der Waals surface area contributed by atoms with E-state index in [-0.39, 0.29) is 12.4 Å². The molecule has 0 bridgehead atoms. The molecule has 7 heteroatoms. The van der Waals surface area contributed by atoms with Gasteiger partial charge >= 0.3 is 11.9 Å². The fourth-order valence-corrected chi connectivity index (χ4v) is 3.54. The lowest BCUT2D eigenvalue weighted by atomic mass is 10.2. The van der Waals surface area contributed by atoms with Crippen LogP contribution < -0.4 is 0 Å². The number of carboxylic acids is 1. The lowest BCUT2D eigenvalue weighted by Gasteiger charge is -1.97. The Bertz CT molecular complexity index is 623. The van der Waals surface area contributed by atoms with Crippen LogP contribution in [0.1, 0.15) is 16.8 Å². The average Bonchev–Trinajstić information content (AvgIpc) is 2.78. The van der Waals surface area contributed by atoms with Crippen molar-refractivity contribution >= 4 is 45.3 Å². The third-order valence-electron chi connectivity index (χ3n) is 2.33. The summed E-state index contributed by atoms with van der Waals surface area (Å²) in [7, 11) is 1.34. The monoisotopic (exact) mass is 297 g/mol. The van der Waals surface area contributed by atoms with Gasteiger partial charge in [0.2, 0.25) is 0 Å². The lowest BCUT2D eigenvalue weighted by molar-refractivity contribution is -0.136. The van der Waals surface area contributed by atoms with Crippen molar-refractivity contribution in [1.29, 1.82) is 0 Å². The summed E-state index contributed by atoms with van der Waals surface area (Å²) in [5.41, 5.74) is 1.29. The van der Waals surface area contributed by atoms with Crippen LogP contribution >= 0.6 is 23.1 Å². The third kappa shape index (κ3) is 3.45. The van der Waals surface area contributed by atoms with Gasteiger partial charge in [-0.05, 0) is 18.2 Å². The standard InChI is InChI=1S/C12H11NO4S2/c1-17-11(16)7-2-3-8-9(6-7)19-12(13-8)18-5-4-10(14)15/h2-3,6H,4-5H2,1H3,(H,14,15). The molecule has 1 heterocycles. The van der Waals surface area contributed by atoms with Gasteiger partial charge in [0, 0.05) is 5.75 Å². The first-order valence-electron chi connectivity index (χ1n) is 5.43. The second kappa shape index (κ2) is 6.03. The SMILES string of the molecule is COC(=O)c1ccc2nc(SCCC(=O)O)sc2c1. The first-order valence-corrected chi connectivity index (χ1v) is 7.24.